The van der Waals surface area contributed by atoms with Crippen LogP contribution in [-0.4, -0.2) is 47.8 Å². The number of nitrogens with zero attached hydrogens (tertiary/aromatic N) is 3. The molecule has 2 aromatic carbocycles. The van der Waals surface area contributed by atoms with Gasteiger partial charge in [0.15, 0.2) is 22.5 Å². The van der Waals surface area contributed by atoms with Gasteiger partial charge in [0.1, 0.15) is 0 Å². The van der Waals surface area contributed by atoms with E-state index in [0.29, 0.717) is 17.2 Å². The Kier molecular flexibility index (Phi) is 7.95. The van der Waals surface area contributed by atoms with Crippen LogP contribution in [-0.2, 0) is 4.79 Å². The third-order valence-corrected chi connectivity index (χ3v) is 6.86. The minimum atomic E-state index is -0.0799. The van der Waals surface area contributed by atoms with Crippen LogP contribution in [0.1, 0.15) is 38.1 Å². The Morgan fingerprint density at radius 2 is 1.68 bits per heavy atom. The zero-order valence-electron chi connectivity index (χ0n) is 19.7. The van der Waals surface area contributed by atoms with Crippen LogP contribution >= 0.6 is 11.8 Å². The zero-order valence-corrected chi connectivity index (χ0v) is 20.6. The largest absolute Gasteiger partial charge is 0.493 e. The van der Waals surface area contributed by atoms with Crippen molar-refractivity contribution in [2.75, 3.05) is 32.4 Å². The van der Waals surface area contributed by atoms with Gasteiger partial charge in [-0.05, 0) is 37.1 Å². The van der Waals surface area contributed by atoms with Crippen LogP contribution in [0.2, 0.25) is 0 Å². The summed E-state index contributed by atoms with van der Waals surface area (Å²) in [7, 11) is 4.78. The number of carbonyl (C=O) groups is 1. The van der Waals surface area contributed by atoms with E-state index in [2.05, 4.69) is 20.1 Å². The monoisotopic (exact) mass is 482 g/mol. The van der Waals surface area contributed by atoms with E-state index >= 15 is 0 Å². The fourth-order valence-electron chi connectivity index (χ4n) is 4.30. The molecule has 1 aliphatic rings. The standard InChI is InChI=1S/C25H30N4O4S/c1-31-20-14-17(15-21(32-2)23(20)33-3)24-27-28-25(29(24)19-12-8-5-9-13-19)34-16-22(30)26-18-10-6-4-7-11-18/h4,6-7,10-11,14-15,19H,5,8-9,12-13,16H2,1-3H3,(H,26,30). The molecule has 1 aliphatic carbocycles. The Morgan fingerprint density at radius 3 is 2.29 bits per heavy atom. The van der Waals surface area contributed by atoms with E-state index in [4.69, 9.17) is 14.2 Å². The third kappa shape index (κ3) is 5.30. The lowest BCUT2D eigenvalue weighted by Gasteiger charge is -2.26. The number of rotatable bonds is 9. The van der Waals surface area contributed by atoms with Crippen LogP contribution in [0, 0.1) is 0 Å². The molecule has 3 aromatic rings. The molecule has 0 bridgehead atoms. The fourth-order valence-corrected chi connectivity index (χ4v) is 5.11. The van der Waals surface area contributed by atoms with Gasteiger partial charge >= 0.3 is 0 Å². The predicted molar refractivity (Wildman–Crippen MR) is 133 cm³/mol. The Morgan fingerprint density at radius 1 is 1.00 bits per heavy atom. The summed E-state index contributed by atoms with van der Waals surface area (Å²) in [6.07, 6.45) is 5.67. The van der Waals surface area contributed by atoms with E-state index < -0.39 is 0 Å². The van der Waals surface area contributed by atoms with Crippen LogP contribution in [0.3, 0.4) is 0 Å². The number of carbonyl (C=O) groups excluding carboxylic acids is 1. The number of ether oxygens (including phenoxy) is 3. The maximum atomic E-state index is 12.6. The van der Waals surface area contributed by atoms with Gasteiger partial charge < -0.3 is 19.5 Å². The number of nitrogens with one attached hydrogen (secondary N) is 1. The van der Waals surface area contributed by atoms with Crippen LogP contribution in [0.4, 0.5) is 5.69 Å². The SMILES string of the molecule is COc1cc(-c2nnc(SCC(=O)Nc3ccccc3)n2C2CCCCC2)cc(OC)c1OC. The van der Waals surface area contributed by atoms with E-state index in [-0.39, 0.29) is 17.7 Å². The first-order valence-corrected chi connectivity index (χ1v) is 12.4. The summed E-state index contributed by atoms with van der Waals surface area (Å²) >= 11 is 1.40. The van der Waals surface area contributed by atoms with Gasteiger partial charge in [0.05, 0.1) is 27.1 Å². The Balaban J connectivity index is 1.64. The third-order valence-electron chi connectivity index (χ3n) is 5.92. The second-order valence-electron chi connectivity index (χ2n) is 8.08. The molecule has 1 saturated carbocycles. The molecule has 1 fully saturated rings. The van der Waals surface area contributed by atoms with Gasteiger partial charge in [0.2, 0.25) is 11.7 Å². The second-order valence-corrected chi connectivity index (χ2v) is 9.03. The van der Waals surface area contributed by atoms with Gasteiger partial charge in [-0.2, -0.15) is 0 Å². The number of para-hydroxylation sites is 1. The predicted octanol–water partition coefficient (Wildman–Crippen LogP) is 5.21. The molecule has 180 valence electrons. The van der Waals surface area contributed by atoms with Crippen LogP contribution in [0.15, 0.2) is 47.6 Å². The van der Waals surface area contributed by atoms with Crippen molar-refractivity contribution in [3.05, 3.63) is 42.5 Å². The number of hydrogen-bond donors (Lipinski definition) is 1. The minimum absolute atomic E-state index is 0.0799. The van der Waals surface area contributed by atoms with Gasteiger partial charge in [0, 0.05) is 17.3 Å². The molecule has 4 rings (SSSR count). The van der Waals surface area contributed by atoms with Gasteiger partial charge in [0.25, 0.3) is 0 Å². The topological polar surface area (TPSA) is 87.5 Å². The molecule has 1 aromatic heterocycles. The molecule has 34 heavy (non-hydrogen) atoms. The molecule has 0 radical (unpaired) electrons. The first-order valence-electron chi connectivity index (χ1n) is 11.4. The first kappa shape index (κ1) is 23.9. The van der Waals surface area contributed by atoms with Crippen molar-refractivity contribution in [3.63, 3.8) is 0 Å². The van der Waals surface area contributed by atoms with Crippen molar-refractivity contribution in [3.8, 4) is 28.6 Å². The second kappa shape index (κ2) is 11.3. The molecule has 9 heteroatoms. The number of aromatic nitrogens is 3. The summed E-state index contributed by atoms with van der Waals surface area (Å²) in [5.74, 6) is 2.55. The quantitative estimate of drug-likeness (QED) is 0.419. The lowest BCUT2D eigenvalue weighted by Crippen LogP contribution is -2.17. The smallest absolute Gasteiger partial charge is 0.234 e. The fraction of sp³-hybridized carbons (Fsp3) is 0.400. The number of amides is 1. The van der Waals surface area contributed by atoms with Crippen LogP contribution in [0.25, 0.3) is 11.4 Å². The van der Waals surface area contributed by atoms with Crippen LogP contribution < -0.4 is 19.5 Å². The molecule has 0 aliphatic heterocycles. The summed E-state index contributed by atoms with van der Waals surface area (Å²) in [6.45, 7) is 0. The number of hydrogen-bond acceptors (Lipinski definition) is 7. The number of methoxy groups -OCH3 is 3. The van der Waals surface area contributed by atoms with Gasteiger partial charge in [-0.15, -0.1) is 10.2 Å². The molecule has 0 atom stereocenters. The zero-order chi connectivity index (χ0) is 23.9. The maximum absolute atomic E-state index is 12.6. The lowest BCUT2D eigenvalue weighted by molar-refractivity contribution is -0.113. The van der Waals surface area contributed by atoms with Crippen molar-refractivity contribution in [2.45, 2.75) is 43.3 Å². The molecule has 1 N–H and O–H groups in total. The molecule has 0 unspecified atom stereocenters. The molecule has 0 saturated heterocycles. The first-order chi connectivity index (χ1) is 16.6. The molecule has 1 amide bonds. The molecule has 0 spiro atoms. The summed E-state index contributed by atoms with van der Waals surface area (Å²) in [4.78, 5) is 12.6. The highest BCUT2D eigenvalue weighted by Gasteiger charge is 2.26. The highest BCUT2D eigenvalue weighted by Crippen LogP contribution is 2.43. The summed E-state index contributed by atoms with van der Waals surface area (Å²) in [5, 5.41) is 12.7. The van der Waals surface area contributed by atoms with Crippen molar-refractivity contribution in [2.24, 2.45) is 0 Å². The van der Waals surface area contributed by atoms with E-state index in [1.165, 1.54) is 18.2 Å². The summed E-state index contributed by atoms with van der Waals surface area (Å²) in [5.41, 5.74) is 1.60. The normalized spacial score (nSPS) is 14.0. The van der Waals surface area contributed by atoms with E-state index in [0.717, 1.165) is 47.9 Å². The Labute approximate surface area is 204 Å². The number of thioether (sulfide) groups is 1. The van der Waals surface area contributed by atoms with Gasteiger partial charge in [-0.1, -0.05) is 49.2 Å². The van der Waals surface area contributed by atoms with Crippen molar-refractivity contribution >= 4 is 23.4 Å². The van der Waals surface area contributed by atoms with Crippen molar-refractivity contribution < 1.29 is 19.0 Å². The molecule has 1 heterocycles. The molecular weight excluding hydrogens is 452 g/mol. The van der Waals surface area contributed by atoms with E-state index in [1.807, 2.05) is 42.5 Å². The lowest BCUT2D eigenvalue weighted by atomic mass is 9.95. The summed E-state index contributed by atoms with van der Waals surface area (Å²) < 4.78 is 18.8. The van der Waals surface area contributed by atoms with Crippen molar-refractivity contribution in [1.29, 1.82) is 0 Å². The Hall–Kier alpha value is -3.20. The summed E-state index contributed by atoms with van der Waals surface area (Å²) in [6, 6.07) is 13.5. The number of benzene rings is 2. The average molecular weight is 483 g/mol. The van der Waals surface area contributed by atoms with Crippen LogP contribution in [0.5, 0.6) is 17.2 Å². The highest BCUT2D eigenvalue weighted by molar-refractivity contribution is 7.99. The minimum Gasteiger partial charge on any atom is -0.493 e. The maximum Gasteiger partial charge on any atom is 0.234 e. The van der Waals surface area contributed by atoms with E-state index in [1.54, 1.807) is 21.3 Å². The molecule has 8 nitrogen and oxygen atoms in total. The van der Waals surface area contributed by atoms with E-state index in [9.17, 15) is 4.79 Å². The highest BCUT2D eigenvalue weighted by atomic mass is 32.2. The average Bonchev–Trinajstić information content (AvgIpc) is 3.31. The Bertz CT molecular complexity index is 1090. The molecular formula is C25H30N4O4S. The number of anilines is 1. The van der Waals surface area contributed by atoms with Gasteiger partial charge in [-0.3, -0.25) is 9.36 Å². The van der Waals surface area contributed by atoms with Gasteiger partial charge in [-0.25, -0.2) is 0 Å². The van der Waals surface area contributed by atoms with Crippen molar-refractivity contribution in [1.82, 2.24) is 14.8 Å².